The van der Waals surface area contributed by atoms with Crippen LogP contribution in [0.1, 0.15) is 27.2 Å². The number of amides is 1. The number of nitrogens with zero attached hydrogens (tertiary/aromatic N) is 1. The number of hydrogen-bond donors (Lipinski definition) is 2. The second-order valence-electron chi connectivity index (χ2n) is 6.62. The van der Waals surface area contributed by atoms with E-state index in [9.17, 15) is 9.90 Å². The summed E-state index contributed by atoms with van der Waals surface area (Å²) in [5.41, 5.74) is -0.119. The van der Waals surface area contributed by atoms with Crippen LogP contribution in [0.15, 0.2) is 41.6 Å². The zero-order valence-electron chi connectivity index (χ0n) is 13.9. The van der Waals surface area contributed by atoms with Gasteiger partial charge in [-0.05, 0) is 30.2 Å². The molecule has 2 N–H and O–H groups in total. The third-order valence-electron chi connectivity index (χ3n) is 3.59. The molecule has 0 aliphatic rings. The van der Waals surface area contributed by atoms with Crippen molar-refractivity contribution < 1.29 is 9.90 Å². The van der Waals surface area contributed by atoms with Gasteiger partial charge in [0.2, 0.25) is 5.91 Å². The van der Waals surface area contributed by atoms with E-state index in [4.69, 9.17) is 0 Å². The number of aromatic nitrogens is 1. The molecule has 1 atom stereocenters. The molecule has 5 heteroatoms. The smallest absolute Gasteiger partial charge is 0.230 e. The second-order valence-corrected chi connectivity index (χ2v) is 7.58. The van der Waals surface area contributed by atoms with Crippen LogP contribution < -0.4 is 5.32 Å². The maximum Gasteiger partial charge on any atom is 0.230 e. The molecule has 0 radical (unpaired) electrons. The molecule has 0 aliphatic carbocycles. The molecule has 23 heavy (non-hydrogen) atoms. The first-order valence-corrected chi connectivity index (χ1v) is 8.77. The lowest BCUT2D eigenvalue weighted by Gasteiger charge is -2.26. The molecule has 0 fully saturated rings. The molecule has 1 amide bonds. The predicted octanol–water partition coefficient (Wildman–Crippen LogP) is 3.24. The molecule has 0 spiro atoms. The standard InChI is InChI=1S/C18H24N2O2S/c1-13(21)10-18(2,3)12-20-16(22)11-23-17-15-7-5-4-6-14(15)8-9-19-17/h4-9,13,21H,10-12H2,1-3H3,(H,20,22). The Kier molecular flexibility index (Phi) is 6.02. The molecule has 2 aromatic rings. The average Bonchev–Trinajstić information content (AvgIpc) is 2.49. The Hall–Kier alpha value is -1.59. The molecule has 1 unspecified atom stereocenters. The van der Waals surface area contributed by atoms with E-state index < -0.39 is 0 Å². The van der Waals surface area contributed by atoms with E-state index in [2.05, 4.69) is 10.3 Å². The van der Waals surface area contributed by atoms with E-state index >= 15 is 0 Å². The first-order chi connectivity index (χ1) is 10.9. The molecule has 4 nitrogen and oxygen atoms in total. The summed E-state index contributed by atoms with van der Waals surface area (Å²) in [5.74, 6) is 0.328. The Bertz CT molecular complexity index is 666. The van der Waals surface area contributed by atoms with Gasteiger partial charge >= 0.3 is 0 Å². The molecule has 0 bridgehead atoms. The van der Waals surface area contributed by atoms with Crippen LogP contribution >= 0.6 is 11.8 Å². The third kappa shape index (κ3) is 5.52. The van der Waals surface area contributed by atoms with Crippen molar-refractivity contribution in [3.05, 3.63) is 36.5 Å². The number of carbonyl (C=O) groups is 1. The van der Waals surface area contributed by atoms with Gasteiger partial charge < -0.3 is 10.4 Å². The highest BCUT2D eigenvalue weighted by molar-refractivity contribution is 8.00. The van der Waals surface area contributed by atoms with Gasteiger partial charge in [-0.15, -0.1) is 0 Å². The van der Waals surface area contributed by atoms with E-state index in [1.54, 1.807) is 13.1 Å². The molecule has 0 saturated carbocycles. The Labute approximate surface area is 141 Å². The molecule has 0 saturated heterocycles. The molecular formula is C18H24N2O2S. The van der Waals surface area contributed by atoms with Gasteiger partial charge in [-0.2, -0.15) is 0 Å². The number of fused-ring (bicyclic) bond motifs is 1. The molecule has 1 aromatic carbocycles. The minimum Gasteiger partial charge on any atom is -0.393 e. The van der Waals surface area contributed by atoms with Gasteiger partial charge in [-0.25, -0.2) is 4.98 Å². The van der Waals surface area contributed by atoms with Crippen molar-refractivity contribution in [3.63, 3.8) is 0 Å². The van der Waals surface area contributed by atoms with Gasteiger partial charge in [-0.3, -0.25) is 4.79 Å². The molecule has 1 aromatic heterocycles. The van der Waals surface area contributed by atoms with Crippen molar-refractivity contribution in [2.24, 2.45) is 5.41 Å². The fourth-order valence-electron chi connectivity index (χ4n) is 2.60. The lowest BCUT2D eigenvalue weighted by atomic mass is 9.87. The van der Waals surface area contributed by atoms with E-state index in [1.807, 2.05) is 44.2 Å². The van der Waals surface area contributed by atoms with E-state index in [-0.39, 0.29) is 17.4 Å². The monoisotopic (exact) mass is 332 g/mol. The summed E-state index contributed by atoms with van der Waals surface area (Å²) in [5, 5.41) is 15.5. The van der Waals surface area contributed by atoms with Crippen LogP contribution in [0.2, 0.25) is 0 Å². The van der Waals surface area contributed by atoms with Gasteiger partial charge in [0.1, 0.15) is 5.03 Å². The minimum atomic E-state index is -0.365. The lowest BCUT2D eigenvalue weighted by molar-refractivity contribution is -0.119. The summed E-state index contributed by atoms with van der Waals surface area (Å²) in [4.78, 5) is 16.4. The highest BCUT2D eigenvalue weighted by Gasteiger charge is 2.21. The molecule has 2 rings (SSSR count). The Morgan fingerprint density at radius 2 is 2.09 bits per heavy atom. The minimum absolute atomic E-state index is 0.0107. The van der Waals surface area contributed by atoms with Crippen LogP contribution in [0.4, 0.5) is 0 Å². The fourth-order valence-corrected chi connectivity index (χ4v) is 3.45. The van der Waals surface area contributed by atoms with Crippen LogP contribution in [0.3, 0.4) is 0 Å². The van der Waals surface area contributed by atoms with Gasteiger partial charge in [0.05, 0.1) is 11.9 Å². The van der Waals surface area contributed by atoms with Crippen LogP contribution in [0, 0.1) is 5.41 Å². The number of benzene rings is 1. The normalized spacial score (nSPS) is 13.0. The van der Waals surface area contributed by atoms with Gasteiger partial charge in [-0.1, -0.05) is 49.9 Å². The molecule has 0 aliphatic heterocycles. The molecular weight excluding hydrogens is 308 g/mol. The van der Waals surface area contributed by atoms with Gasteiger partial charge in [0, 0.05) is 18.1 Å². The van der Waals surface area contributed by atoms with Crippen LogP contribution in [-0.2, 0) is 4.79 Å². The number of pyridine rings is 1. The lowest BCUT2D eigenvalue weighted by Crippen LogP contribution is -2.36. The van der Waals surface area contributed by atoms with Crippen molar-refractivity contribution in [1.82, 2.24) is 10.3 Å². The van der Waals surface area contributed by atoms with E-state index in [0.29, 0.717) is 18.7 Å². The maximum atomic E-state index is 12.1. The first-order valence-electron chi connectivity index (χ1n) is 7.79. The van der Waals surface area contributed by atoms with Crippen molar-refractivity contribution in [1.29, 1.82) is 0 Å². The largest absolute Gasteiger partial charge is 0.393 e. The fraction of sp³-hybridized carbons (Fsp3) is 0.444. The van der Waals surface area contributed by atoms with E-state index in [1.165, 1.54) is 11.8 Å². The molecule has 124 valence electrons. The number of nitrogens with one attached hydrogen (secondary N) is 1. The van der Waals surface area contributed by atoms with Crippen LogP contribution in [-0.4, -0.2) is 34.4 Å². The predicted molar refractivity (Wildman–Crippen MR) is 95.6 cm³/mol. The number of hydrogen-bond acceptors (Lipinski definition) is 4. The number of aliphatic hydroxyl groups is 1. The average molecular weight is 332 g/mol. The van der Waals surface area contributed by atoms with Gasteiger partial charge in [0.25, 0.3) is 0 Å². The van der Waals surface area contributed by atoms with Crippen molar-refractivity contribution >= 4 is 28.4 Å². The van der Waals surface area contributed by atoms with Crippen molar-refractivity contribution in [2.75, 3.05) is 12.3 Å². The number of thioether (sulfide) groups is 1. The topological polar surface area (TPSA) is 62.2 Å². The summed E-state index contributed by atoms with van der Waals surface area (Å²) in [6.07, 6.45) is 2.07. The summed E-state index contributed by atoms with van der Waals surface area (Å²) < 4.78 is 0. The summed E-state index contributed by atoms with van der Waals surface area (Å²) in [6, 6.07) is 10.0. The van der Waals surface area contributed by atoms with Gasteiger partial charge in [0.15, 0.2) is 0 Å². The zero-order chi connectivity index (χ0) is 16.9. The quantitative estimate of drug-likeness (QED) is 0.764. The van der Waals surface area contributed by atoms with Crippen molar-refractivity contribution in [3.8, 4) is 0 Å². The third-order valence-corrected chi connectivity index (χ3v) is 4.59. The summed E-state index contributed by atoms with van der Waals surface area (Å²) in [7, 11) is 0. The number of rotatable bonds is 7. The SMILES string of the molecule is CC(O)CC(C)(C)CNC(=O)CSc1nccc2ccccc12. The Morgan fingerprint density at radius 1 is 1.35 bits per heavy atom. The van der Waals surface area contributed by atoms with Crippen molar-refractivity contribution in [2.45, 2.75) is 38.3 Å². The summed E-state index contributed by atoms with van der Waals surface area (Å²) >= 11 is 1.45. The zero-order valence-corrected chi connectivity index (χ0v) is 14.7. The number of carbonyl (C=O) groups excluding carboxylic acids is 1. The number of aliphatic hydroxyl groups excluding tert-OH is 1. The Balaban J connectivity index is 1.89. The summed E-state index contributed by atoms with van der Waals surface area (Å²) in [6.45, 7) is 6.41. The molecule has 1 heterocycles. The Morgan fingerprint density at radius 3 is 2.83 bits per heavy atom. The first kappa shape index (κ1) is 17.8. The highest BCUT2D eigenvalue weighted by Crippen LogP contribution is 2.25. The van der Waals surface area contributed by atoms with E-state index in [0.717, 1.165) is 15.8 Å². The maximum absolute atomic E-state index is 12.1. The van der Waals surface area contributed by atoms with Crippen LogP contribution in [0.25, 0.3) is 10.8 Å². The van der Waals surface area contributed by atoms with Crippen LogP contribution in [0.5, 0.6) is 0 Å². The highest BCUT2D eigenvalue weighted by atomic mass is 32.2. The second kappa shape index (κ2) is 7.79.